The molecule has 0 saturated heterocycles. The van der Waals surface area contributed by atoms with Crippen molar-refractivity contribution in [2.75, 3.05) is 0 Å². The van der Waals surface area contributed by atoms with E-state index in [0.717, 1.165) is 35.4 Å². The van der Waals surface area contributed by atoms with Gasteiger partial charge in [-0.3, -0.25) is 0 Å². The third-order valence-electron chi connectivity index (χ3n) is 7.65. The van der Waals surface area contributed by atoms with E-state index in [0.29, 0.717) is 10.8 Å². The van der Waals surface area contributed by atoms with E-state index in [1.807, 2.05) is 0 Å². The third-order valence-corrected chi connectivity index (χ3v) is 9.32. The molecule has 4 N–H and O–H groups in total. The largest absolute Gasteiger partial charge is 2.00 e. The first kappa shape index (κ1) is 42.3. The van der Waals surface area contributed by atoms with Crippen LogP contribution in [-0.4, -0.2) is 94.2 Å². The number of aromatic hydroxyl groups is 2. The van der Waals surface area contributed by atoms with Crippen LogP contribution in [0.2, 0.25) is 0 Å². The fraction of sp³-hybridized carbons (Fsp3) is 0.0588. The molecule has 0 fully saturated rings. The van der Waals surface area contributed by atoms with Crippen LogP contribution in [0.1, 0.15) is 11.1 Å². The first-order valence-corrected chi connectivity index (χ1v) is 18.0. The van der Waals surface area contributed by atoms with E-state index in [9.17, 15) is 56.4 Å². The molecule has 276 valence electrons. The van der Waals surface area contributed by atoms with Crippen LogP contribution in [0.3, 0.4) is 0 Å². The Morgan fingerprint density at radius 3 is 1.20 bits per heavy atom. The molecule has 0 saturated carbocycles. The minimum atomic E-state index is -4.70. The molecule has 6 aromatic carbocycles. The van der Waals surface area contributed by atoms with Crippen LogP contribution in [0.5, 0.6) is 11.5 Å². The average molecular weight is 815 g/mol. The maximum Gasteiger partial charge on any atom is 2.00 e. The Morgan fingerprint density at radius 2 is 0.873 bits per heavy atom. The number of azo groups is 2. The fourth-order valence-corrected chi connectivity index (χ4v) is 6.02. The zero-order chi connectivity index (χ0) is 39.5. The second-order valence-electron chi connectivity index (χ2n) is 11.5. The van der Waals surface area contributed by atoms with E-state index in [-0.39, 0.29) is 104 Å². The Kier molecular flexibility index (Phi) is 13.0. The maximum absolute atomic E-state index is 11.3. The molecule has 0 heterocycles. The number of rotatable bonds is 8. The minimum Gasteiger partial charge on any atom is -0.744 e. The zero-order valence-electron chi connectivity index (χ0n) is 28.5. The molecule has 0 radical (unpaired) electrons. The number of hydrogen-bond acceptors (Lipinski definition) is 14. The average Bonchev–Trinajstić information content (AvgIpc) is 3.09. The van der Waals surface area contributed by atoms with E-state index in [1.165, 1.54) is 60.7 Å². The van der Waals surface area contributed by atoms with E-state index in [1.54, 1.807) is 26.0 Å². The molecular weight excluding hydrogens is 789 g/mol. The van der Waals surface area contributed by atoms with E-state index >= 15 is 0 Å². The molecule has 0 aliphatic rings. The van der Waals surface area contributed by atoms with Gasteiger partial charge in [-0.2, -0.15) is 0 Å². The minimum absolute atomic E-state index is 0. The summed E-state index contributed by atoms with van der Waals surface area (Å²) in [6.07, 6.45) is 0. The van der Waals surface area contributed by atoms with Crippen LogP contribution < -0.4 is 0 Å². The monoisotopic (exact) mass is 814 g/mol. The van der Waals surface area contributed by atoms with Crippen LogP contribution in [0, 0.1) is 23.7 Å². The van der Waals surface area contributed by atoms with Gasteiger partial charge >= 0.3 is 49.1 Å². The SMILES string of the molecule is Cc1ccc([N+](=O)O)c(N=Nc2c(O)ccc3ccc(S(=O)(=O)[O-])cc23)c1.Cc1ccc([N+](=O)O)c(N=Nc2c(O)ccc3ccc(S(=O)(=O)[O-])cc23)c1.[Ca+2]. The maximum atomic E-state index is 11.3. The van der Waals surface area contributed by atoms with Crippen molar-refractivity contribution < 1.29 is 56.4 Å². The molecule has 0 unspecified atom stereocenters. The summed E-state index contributed by atoms with van der Waals surface area (Å²) in [5.41, 5.74) is 1.08. The van der Waals surface area contributed by atoms with Gasteiger partial charge in [-0.1, -0.05) is 36.4 Å². The number of benzene rings is 6. The van der Waals surface area contributed by atoms with E-state index in [4.69, 9.17) is 0 Å². The molecule has 0 spiro atoms. The van der Waals surface area contributed by atoms with Gasteiger partial charge in [-0.15, -0.1) is 20.5 Å². The number of nitrogens with zero attached hydrogens (tertiary/aromatic N) is 6. The Bertz CT molecular complexity index is 2610. The summed E-state index contributed by atoms with van der Waals surface area (Å²) < 4.78 is 67.6. The van der Waals surface area contributed by atoms with Crippen LogP contribution in [0.15, 0.2) is 127 Å². The predicted octanol–water partition coefficient (Wildman–Crippen LogP) is 7.57. The van der Waals surface area contributed by atoms with E-state index in [2.05, 4.69) is 20.5 Å². The summed E-state index contributed by atoms with van der Waals surface area (Å²) >= 11 is 0. The first-order valence-electron chi connectivity index (χ1n) is 15.1. The molecule has 0 atom stereocenters. The van der Waals surface area contributed by atoms with Crippen LogP contribution in [0.4, 0.5) is 34.1 Å². The van der Waals surface area contributed by atoms with Gasteiger partial charge < -0.3 is 19.3 Å². The van der Waals surface area contributed by atoms with Crippen LogP contribution in [-0.2, 0) is 20.2 Å². The van der Waals surface area contributed by atoms with Gasteiger partial charge in [0.2, 0.25) is 0 Å². The van der Waals surface area contributed by atoms with Crippen molar-refractivity contribution >= 4 is 114 Å². The van der Waals surface area contributed by atoms with Crippen molar-refractivity contribution in [2.24, 2.45) is 20.5 Å². The first-order chi connectivity index (χ1) is 25.3. The number of phenols is 2. The van der Waals surface area contributed by atoms with Gasteiger partial charge in [0.1, 0.15) is 43.1 Å². The molecule has 21 heteroatoms. The quantitative estimate of drug-likeness (QED) is 0.0501. The van der Waals surface area contributed by atoms with Gasteiger partial charge in [0, 0.05) is 22.9 Å². The topological polar surface area (TPSA) is 285 Å². The molecule has 6 rings (SSSR count). The molecule has 0 aliphatic carbocycles. The van der Waals surface area contributed by atoms with Gasteiger partial charge in [-0.25, -0.2) is 27.3 Å². The molecule has 0 aromatic heterocycles. The molecule has 0 bridgehead atoms. The van der Waals surface area contributed by atoms with Crippen molar-refractivity contribution in [2.45, 2.75) is 23.6 Å². The Hall–Kier alpha value is -5.48. The fourth-order valence-electron chi connectivity index (χ4n) is 5.02. The van der Waals surface area contributed by atoms with Crippen molar-refractivity contribution in [1.82, 2.24) is 0 Å². The molecule has 0 amide bonds. The number of fused-ring (bicyclic) bond motifs is 2. The molecular formula is C34H26CaN6O12S2+2. The molecule has 18 nitrogen and oxygen atoms in total. The summed E-state index contributed by atoms with van der Waals surface area (Å²) in [6.45, 7) is 3.49. The summed E-state index contributed by atoms with van der Waals surface area (Å²) in [5, 5.41) is 55.6. The molecule has 0 aliphatic heterocycles. The Morgan fingerprint density at radius 1 is 0.527 bits per heavy atom. The zero-order valence-corrected chi connectivity index (χ0v) is 32.3. The van der Waals surface area contributed by atoms with Crippen molar-refractivity contribution in [3.05, 3.63) is 118 Å². The van der Waals surface area contributed by atoms with Gasteiger partial charge in [-0.05, 0) is 84.3 Å². The number of hydrogen-bond donors (Lipinski definition) is 4. The smallest absolute Gasteiger partial charge is 0.744 e. The van der Waals surface area contributed by atoms with Crippen LogP contribution in [0.25, 0.3) is 21.5 Å². The number of aryl methyl sites for hydroxylation is 2. The second-order valence-corrected chi connectivity index (χ2v) is 14.2. The summed E-state index contributed by atoms with van der Waals surface area (Å²) in [6, 6.07) is 21.9. The Balaban J connectivity index is 0.000000240. The normalized spacial score (nSPS) is 11.7. The van der Waals surface area contributed by atoms with Crippen molar-refractivity contribution in [1.29, 1.82) is 0 Å². The Labute approximate surface area is 341 Å². The van der Waals surface area contributed by atoms with Crippen molar-refractivity contribution in [3.8, 4) is 11.5 Å². The predicted molar refractivity (Wildman–Crippen MR) is 194 cm³/mol. The molecule has 6 aromatic rings. The number of phenolic OH excluding ortho intramolecular Hbond substituents is 2. The van der Waals surface area contributed by atoms with Crippen molar-refractivity contribution in [3.63, 3.8) is 0 Å². The molecule has 55 heavy (non-hydrogen) atoms. The second kappa shape index (κ2) is 16.9. The van der Waals surface area contributed by atoms with Gasteiger partial charge in [0.05, 0.1) is 19.6 Å². The van der Waals surface area contributed by atoms with Crippen LogP contribution >= 0.6 is 0 Å². The summed E-state index contributed by atoms with van der Waals surface area (Å²) in [4.78, 5) is 20.8. The summed E-state index contributed by atoms with van der Waals surface area (Å²) in [5.74, 6) is -0.604. The summed E-state index contributed by atoms with van der Waals surface area (Å²) in [7, 11) is -9.40. The van der Waals surface area contributed by atoms with E-state index < -0.39 is 30.0 Å². The standard InChI is InChI=1S/2C17H13N3O6S.Ca/c2*1-10-2-6-15(20(22)23)14(8-10)18-19-17-13-9-12(27(24,25)26)5-3-11(13)4-7-16(17)21;/h2*2-9H,1H3,(H2-,18,21,22,23,24,25,26);/q;;+2. The third kappa shape index (κ3) is 9.99. The van der Waals surface area contributed by atoms with Gasteiger partial charge in [0.25, 0.3) is 9.85 Å². The van der Waals surface area contributed by atoms with Gasteiger partial charge in [0.15, 0.2) is 11.4 Å².